The molecule has 1 atom stereocenters. The summed E-state index contributed by atoms with van der Waals surface area (Å²) in [4.78, 5) is 30.9. The molecule has 170 valence electrons. The van der Waals surface area contributed by atoms with Crippen molar-refractivity contribution in [3.8, 4) is 5.75 Å². The van der Waals surface area contributed by atoms with Gasteiger partial charge in [-0.2, -0.15) is 0 Å². The van der Waals surface area contributed by atoms with Crippen LogP contribution in [0.1, 0.15) is 22.7 Å². The molecular weight excluding hydrogens is 435 g/mol. The number of hydrogen-bond acceptors (Lipinski definition) is 4. The van der Waals surface area contributed by atoms with Crippen molar-refractivity contribution in [3.05, 3.63) is 101 Å². The van der Waals surface area contributed by atoms with E-state index in [0.717, 1.165) is 16.5 Å². The van der Waals surface area contributed by atoms with Gasteiger partial charge in [0.25, 0.3) is 11.7 Å². The Morgan fingerprint density at radius 3 is 2.59 bits per heavy atom. The van der Waals surface area contributed by atoms with Crippen molar-refractivity contribution in [2.45, 2.75) is 13.0 Å². The summed E-state index contributed by atoms with van der Waals surface area (Å²) >= 11 is 0. The minimum Gasteiger partial charge on any atom is -0.507 e. The quantitative estimate of drug-likeness (QED) is 0.250. The maximum absolute atomic E-state index is 14.1. The zero-order valence-electron chi connectivity index (χ0n) is 18.5. The fourth-order valence-corrected chi connectivity index (χ4v) is 4.52. The number of nitrogens with zero attached hydrogens (tertiary/aromatic N) is 1. The Morgan fingerprint density at radius 2 is 1.85 bits per heavy atom. The number of Topliss-reactive ketones (excluding diaryl/α,β-unsaturated/α-hetero) is 1. The van der Waals surface area contributed by atoms with E-state index in [-0.39, 0.29) is 17.0 Å². The third kappa shape index (κ3) is 3.33. The molecule has 5 rings (SSSR count). The van der Waals surface area contributed by atoms with Gasteiger partial charge in [-0.3, -0.25) is 14.5 Å². The summed E-state index contributed by atoms with van der Waals surface area (Å²) in [5, 5.41) is 12.1. The van der Waals surface area contributed by atoms with Gasteiger partial charge in [0, 0.05) is 33.9 Å². The highest BCUT2D eigenvalue weighted by Gasteiger charge is 2.47. The maximum atomic E-state index is 14.1. The van der Waals surface area contributed by atoms with Gasteiger partial charge in [-0.25, -0.2) is 4.39 Å². The average Bonchev–Trinajstić information content (AvgIpc) is 3.37. The highest BCUT2D eigenvalue weighted by Crippen LogP contribution is 2.44. The molecule has 0 spiro atoms. The van der Waals surface area contributed by atoms with E-state index in [4.69, 9.17) is 4.74 Å². The number of aromatic nitrogens is 1. The second kappa shape index (κ2) is 8.19. The number of benzene rings is 3. The van der Waals surface area contributed by atoms with E-state index in [0.29, 0.717) is 16.9 Å². The molecule has 0 saturated carbocycles. The number of H-pyrrole nitrogens is 1. The zero-order valence-corrected chi connectivity index (χ0v) is 18.5. The lowest BCUT2D eigenvalue weighted by Crippen LogP contribution is -2.29. The number of methoxy groups -OCH3 is 1. The number of rotatable bonds is 4. The second-order valence-corrected chi connectivity index (χ2v) is 8.12. The number of aryl methyl sites for hydroxylation is 1. The molecule has 1 aromatic heterocycles. The van der Waals surface area contributed by atoms with Gasteiger partial charge in [-0.15, -0.1) is 0 Å². The smallest absolute Gasteiger partial charge is 0.300 e. The molecule has 0 aliphatic carbocycles. The van der Waals surface area contributed by atoms with Crippen molar-refractivity contribution in [3.63, 3.8) is 0 Å². The molecule has 4 aromatic rings. The Labute approximate surface area is 194 Å². The minimum absolute atomic E-state index is 0.0661. The first-order valence-corrected chi connectivity index (χ1v) is 10.7. The molecular formula is C27H21FN2O4. The number of hydrogen-bond donors (Lipinski definition) is 2. The van der Waals surface area contributed by atoms with Gasteiger partial charge in [-0.05, 0) is 55.0 Å². The van der Waals surface area contributed by atoms with Crippen LogP contribution in [0.15, 0.2) is 78.5 Å². The van der Waals surface area contributed by atoms with Crippen LogP contribution in [-0.4, -0.2) is 28.9 Å². The number of fused-ring (bicyclic) bond motifs is 1. The van der Waals surface area contributed by atoms with Gasteiger partial charge in [0.15, 0.2) is 0 Å². The third-order valence-electron chi connectivity index (χ3n) is 6.11. The summed E-state index contributed by atoms with van der Waals surface area (Å²) in [5.41, 5.74) is 2.72. The van der Waals surface area contributed by atoms with Crippen molar-refractivity contribution >= 4 is 34.0 Å². The number of anilines is 1. The van der Waals surface area contributed by atoms with E-state index >= 15 is 0 Å². The largest absolute Gasteiger partial charge is 0.507 e. The molecule has 2 heterocycles. The van der Waals surface area contributed by atoms with E-state index < -0.39 is 23.5 Å². The number of aliphatic hydroxyl groups is 1. The van der Waals surface area contributed by atoms with Crippen LogP contribution >= 0.6 is 0 Å². The highest BCUT2D eigenvalue weighted by atomic mass is 19.1. The summed E-state index contributed by atoms with van der Waals surface area (Å²) in [6.07, 6.45) is 1.71. The number of para-hydroxylation sites is 1. The molecule has 1 aliphatic heterocycles. The molecule has 1 aliphatic rings. The Bertz CT molecular complexity index is 1490. The summed E-state index contributed by atoms with van der Waals surface area (Å²) in [6.45, 7) is 1.82. The van der Waals surface area contributed by atoms with Crippen molar-refractivity contribution < 1.29 is 23.8 Å². The van der Waals surface area contributed by atoms with Crippen LogP contribution in [0.3, 0.4) is 0 Å². The predicted octanol–water partition coefficient (Wildman–Crippen LogP) is 5.25. The molecule has 7 heteroatoms. The summed E-state index contributed by atoms with van der Waals surface area (Å²) in [6, 6.07) is 17.0. The van der Waals surface area contributed by atoms with E-state index in [2.05, 4.69) is 4.98 Å². The van der Waals surface area contributed by atoms with Gasteiger partial charge >= 0.3 is 0 Å². The average molecular weight is 456 g/mol. The fourth-order valence-electron chi connectivity index (χ4n) is 4.52. The summed E-state index contributed by atoms with van der Waals surface area (Å²) < 4.78 is 19.4. The minimum atomic E-state index is -0.958. The number of nitrogens with one attached hydrogen (secondary N) is 1. The van der Waals surface area contributed by atoms with Gasteiger partial charge in [0.2, 0.25) is 0 Å². The number of halogens is 1. The zero-order chi connectivity index (χ0) is 24.0. The van der Waals surface area contributed by atoms with Crippen LogP contribution in [0.2, 0.25) is 0 Å². The third-order valence-corrected chi connectivity index (χ3v) is 6.11. The fraction of sp³-hybridized carbons (Fsp3) is 0.111. The lowest BCUT2D eigenvalue weighted by molar-refractivity contribution is -0.132. The first-order valence-electron chi connectivity index (χ1n) is 10.7. The number of ether oxygens (including phenoxy) is 1. The lowest BCUT2D eigenvalue weighted by atomic mass is 9.94. The number of aliphatic hydroxyl groups excluding tert-OH is 1. The number of ketones is 1. The van der Waals surface area contributed by atoms with Crippen molar-refractivity contribution in [2.24, 2.45) is 0 Å². The van der Waals surface area contributed by atoms with Gasteiger partial charge in [0.1, 0.15) is 17.3 Å². The number of carbonyl (C=O) groups is 2. The van der Waals surface area contributed by atoms with Gasteiger partial charge in [-0.1, -0.05) is 24.3 Å². The summed E-state index contributed by atoms with van der Waals surface area (Å²) in [7, 11) is 1.55. The summed E-state index contributed by atoms with van der Waals surface area (Å²) in [5.74, 6) is -1.90. The molecule has 3 aromatic carbocycles. The highest BCUT2D eigenvalue weighted by molar-refractivity contribution is 6.51. The van der Waals surface area contributed by atoms with Crippen molar-refractivity contribution in [1.29, 1.82) is 0 Å². The first kappa shape index (κ1) is 21.5. The molecule has 6 nitrogen and oxygen atoms in total. The van der Waals surface area contributed by atoms with E-state index in [9.17, 15) is 19.1 Å². The first-order chi connectivity index (χ1) is 16.4. The van der Waals surface area contributed by atoms with Crippen LogP contribution in [0.25, 0.3) is 16.7 Å². The molecule has 1 fully saturated rings. The van der Waals surface area contributed by atoms with Crippen molar-refractivity contribution in [1.82, 2.24) is 4.98 Å². The Kier molecular flexibility index (Phi) is 5.17. The van der Waals surface area contributed by atoms with Crippen LogP contribution < -0.4 is 9.64 Å². The SMILES string of the molecule is COc1ccc(/C(O)=C2\C(=O)C(=O)N(c3cccc(F)c3)C2c2c[nH]c3ccccc23)cc1C. The van der Waals surface area contributed by atoms with Crippen molar-refractivity contribution in [2.75, 3.05) is 12.0 Å². The predicted molar refractivity (Wildman–Crippen MR) is 127 cm³/mol. The van der Waals surface area contributed by atoms with E-state index in [1.54, 1.807) is 37.6 Å². The van der Waals surface area contributed by atoms with Crippen LogP contribution in [0, 0.1) is 12.7 Å². The number of carbonyl (C=O) groups excluding carboxylic acids is 2. The van der Waals surface area contributed by atoms with Crippen LogP contribution in [-0.2, 0) is 9.59 Å². The van der Waals surface area contributed by atoms with Gasteiger partial charge in [0.05, 0.1) is 18.7 Å². The monoisotopic (exact) mass is 456 g/mol. The second-order valence-electron chi connectivity index (χ2n) is 8.12. The normalized spacial score (nSPS) is 17.5. The lowest BCUT2D eigenvalue weighted by Gasteiger charge is -2.25. The number of amides is 1. The van der Waals surface area contributed by atoms with E-state index in [1.165, 1.54) is 23.1 Å². The molecule has 1 unspecified atom stereocenters. The Balaban J connectivity index is 1.77. The maximum Gasteiger partial charge on any atom is 0.300 e. The number of aromatic amines is 1. The molecule has 1 amide bonds. The van der Waals surface area contributed by atoms with Crippen LogP contribution in [0.5, 0.6) is 5.75 Å². The van der Waals surface area contributed by atoms with E-state index in [1.807, 2.05) is 31.2 Å². The topological polar surface area (TPSA) is 82.6 Å². The Morgan fingerprint density at radius 1 is 1.06 bits per heavy atom. The molecule has 34 heavy (non-hydrogen) atoms. The molecule has 1 saturated heterocycles. The molecule has 0 radical (unpaired) electrons. The van der Waals surface area contributed by atoms with Gasteiger partial charge < -0.3 is 14.8 Å². The Hall–Kier alpha value is -4.39. The molecule has 0 bridgehead atoms. The standard InChI is InChI=1S/C27H21FN2O4/c1-15-12-16(10-11-22(15)34-2)25(31)23-24(20-14-29-21-9-4-3-8-19(20)21)30(27(33)26(23)32)18-7-5-6-17(28)13-18/h3-14,24,29,31H,1-2H3/b25-23+. The van der Waals surface area contributed by atoms with Crippen LogP contribution in [0.4, 0.5) is 10.1 Å². The molecule has 2 N–H and O–H groups in total.